The molecule has 3 aromatic carbocycles. The van der Waals surface area contributed by atoms with E-state index < -0.39 is 11.8 Å². The number of carbonyl (C=O) groups excluding carboxylic acids is 3. The number of hydrogen-bond acceptors (Lipinski definition) is 6. The Morgan fingerprint density at radius 3 is 2.21 bits per heavy atom. The number of rotatable bonds is 9. The van der Waals surface area contributed by atoms with Gasteiger partial charge in [0.15, 0.2) is 18.1 Å². The van der Waals surface area contributed by atoms with Crippen LogP contribution in [0.3, 0.4) is 0 Å². The van der Waals surface area contributed by atoms with Crippen LogP contribution in [0.5, 0.6) is 11.5 Å². The van der Waals surface area contributed by atoms with Gasteiger partial charge >= 0.3 is 11.8 Å². The zero-order chi connectivity index (χ0) is 28.5. The van der Waals surface area contributed by atoms with Gasteiger partial charge in [0.05, 0.1) is 17.3 Å². The van der Waals surface area contributed by atoms with E-state index in [9.17, 15) is 14.4 Å². The third kappa shape index (κ3) is 8.41. The van der Waals surface area contributed by atoms with Crippen LogP contribution in [0.2, 0.25) is 0 Å². The molecule has 0 radical (unpaired) electrons. The minimum absolute atomic E-state index is 0.232. The smallest absolute Gasteiger partial charge is 0.329 e. The van der Waals surface area contributed by atoms with Crippen molar-refractivity contribution in [2.24, 2.45) is 5.10 Å². The molecule has 0 bridgehead atoms. The van der Waals surface area contributed by atoms with Gasteiger partial charge in [-0.15, -0.1) is 0 Å². The van der Waals surface area contributed by atoms with E-state index in [2.05, 4.69) is 37.1 Å². The Kier molecular flexibility index (Phi) is 10.2. The van der Waals surface area contributed by atoms with Crippen LogP contribution < -0.4 is 25.5 Å². The van der Waals surface area contributed by atoms with E-state index in [1.807, 2.05) is 71.0 Å². The summed E-state index contributed by atoms with van der Waals surface area (Å²) in [4.78, 5) is 37.0. The molecule has 0 aromatic heterocycles. The summed E-state index contributed by atoms with van der Waals surface area (Å²) in [7, 11) is 0. The van der Waals surface area contributed by atoms with Crippen molar-refractivity contribution in [3.8, 4) is 11.5 Å². The molecular formula is C29H31BrN4O5. The van der Waals surface area contributed by atoms with Crippen molar-refractivity contribution in [1.29, 1.82) is 0 Å². The van der Waals surface area contributed by atoms with Crippen molar-refractivity contribution in [2.45, 2.75) is 34.6 Å². The Bertz CT molecular complexity index is 1380. The third-order valence-corrected chi connectivity index (χ3v) is 6.08. The second kappa shape index (κ2) is 13.6. The van der Waals surface area contributed by atoms with Crippen molar-refractivity contribution < 1.29 is 23.9 Å². The molecule has 9 nitrogen and oxygen atoms in total. The molecule has 0 spiro atoms. The summed E-state index contributed by atoms with van der Waals surface area (Å²) in [6.45, 7) is 9.55. The normalized spacial score (nSPS) is 10.7. The van der Waals surface area contributed by atoms with Gasteiger partial charge in [-0.3, -0.25) is 14.4 Å². The van der Waals surface area contributed by atoms with Crippen LogP contribution in [-0.4, -0.2) is 37.1 Å². The Hall–Kier alpha value is -4.18. The Balaban J connectivity index is 1.64. The summed E-state index contributed by atoms with van der Waals surface area (Å²) in [6, 6.07) is 14.7. The molecule has 3 rings (SSSR count). The van der Waals surface area contributed by atoms with Gasteiger partial charge in [0.1, 0.15) is 0 Å². The van der Waals surface area contributed by atoms with Crippen molar-refractivity contribution in [2.75, 3.05) is 23.8 Å². The molecule has 0 atom stereocenters. The first-order chi connectivity index (χ1) is 18.6. The molecule has 0 aliphatic heterocycles. The topological polar surface area (TPSA) is 118 Å². The molecular weight excluding hydrogens is 564 g/mol. The summed E-state index contributed by atoms with van der Waals surface area (Å²) < 4.78 is 12.0. The van der Waals surface area contributed by atoms with E-state index in [4.69, 9.17) is 9.47 Å². The number of para-hydroxylation sites is 1. The number of nitrogens with one attached hydrogen (secondary N) is 3. The molecule has 0 heterocycles. The fourth-order valence-corrected chi connectivity index (χ4v) is 4.42. The van der Waals surface area contributed by atoms with Gasteiger partial charge in [-0.2, -0.15) is 5.10 Å². The first-order valence-electron chi connectivity index (χ1n) is 12.2. The molecule has 0 aliphatic rings. The fourth-order valence-electron chi connectivity index (χ4n) is 3.85. The van der Waals surface area contributed by atoms with Crippen LogP contribution >= 0.6 is 15.9 Å². The molecule has 0 saturated carbocycles. The molecule has 0 fully saturated rings. The molecule has 3 amide bonds. The Morgan fingerprint density at radius 1 is 0.897 bits per heavy atom. The zero-order valence-corrected chi connectivity index (χ0v) is 24.1. The molecule has 10 heteroatoms. The number of ether oxygens (including phenoxy) is 2. The van der Waals surface area contributed by atoms with Gasteiger partial charge in [0.2, 0.25) is 0 Å². The lowest BCUT2D eigenvalue weighted by atomic mass is 10.1. The van der Waals surface area contributed by atoms with E-state index in [0.29, 0.717) is 39.5 Å². The molecule has 0 aliphatic carbocycles. The van der Waals surface area contributed by atoms with Gasteiger partial charge in [0.25, 0.3) is 5.91 Å². The molecule has 3 N–H and O–H groups in total. The SMILES string of the molecule is CCOc1cc(/C=N\NC(=O)C(=O)Nc2c(C)cccc2C)cc(Br)c1OCC(=O)Nc1cc(C)cc(C)c1. The van der Waals surface area contributed by atoms with Crippen molar-refractivity contribution in [3.63, 3.8) is 0 Å². The number of hydrazone groups is 1. The van der Waals surface area contributed by atoms with Gasteiger partial charge in [0, 0.05) is 11.4 Å². The number of amides is 3. The number of aryl methyl sites for hydroxylation is 4. The van der Waals surface area contributed by atoms with E-state index in [-0.39, 0.29) is 12.5 Å². The van der Waals surface area contributed by atoms with Crippen molar-refractivity contribution in [3.05, 3.63) is 80.8 Å². The van der Waals surface area contributed by atoms with Gasteiger partial charge in [-0.25, -0.2) is 5.43 Å². The summed E-state index contributed by atoms with van der Waals surface area (Å²) >= 11 is 3.45. The summed E-state index contributed by atoms with van der Waals surface area (Å²) in [5.41, 5.74) is 7.85. The van der Waals surface area contributed by atoms with E-state index in [1.54, 1.807) is 12.1 Å². The molecule has 204 valence electrons. The molecule has 0 saturated heterocycles. The highest BCUT2D eigenvalue weighted by Crippen LogP contribution is 2.36. The zero-order valence-electron chi connectivity index (χ0n) is 22.5. The summed E-state index contributed by atoms with van der Waals surface area (Å²) in [6.07, 6.45) is 1.37. The lowest BCUT2D eigenvalue weighted by Gasteiger charge is -2.15. The summed E-state index contributed by atoms with van der Waals surface area (Å²) in [5, 5.41) is 9.33. The maximum absolute atomic E-state index is 12.5. The molecule has 39 heavy (non-hydrogen) atoms. The summed E-state index contributed by atoms with van der Waals surface area (Å²) in [5.74, 6) is -1.33. The lowest BCUT2D eigenvalue weighted by Crippen LogP contribution is -2.32. The number of carbonyl (C=O) groups is 3. The first-order valence-corrected chi connectivity index (χ1v) is 13.0. The predicted octanol–water partition coefficient (Wildman–Crippen LogP) is 5.19. The molecule has 3 aromatic rings. The highest BCUT2D eigenvalue weighted by atomic mass is 79.9. The van der Waals surface area contributed by atoms with Crippen LogP contribution in [0, 0.1) is 27.7 Å². The van der Waals surface area contributed by atoms with Gasteiger partial charge in [-0.05, 0) is 103 Å². The van der Waals surface area contributed by atoms with E-state index >= 15 is 0 Å². The highest BCUT2D eigenvalue weighted by molar-refractivity contribution is 9.10. The van der Waals surface area contributed by atoms with Crippen molar-refractivity contribution >= 4 is 51.2 Å². The van der Waals surface area contributed by atoms with Crippen LogP contribution in [0.1, 0.15) is 34.7 Å². The largest absolute Gasteiger partial charge is 0.490 e. The van der Waals surface area contributed by atoms with Gasteiger partial charge in [-0.1, -0.05) is 24.3 Å². The fraction of sp³-hybridized carbons (Fsp3) is 0.241. The quantitative estimate of drug-likeness (QED) is 0.179. The Morgan fingerprint density at radius 2 is 1.56 bits per heavy atom. The van der Waals surface area contributed by atoms with E-state index in [0.717, 1.165) is 22.3 Å². The Labute approximate surface area is 236 Å². The van der Waals surface area contributed by atoms with Crippen LogP contribution in [0.15, 0.2) is 58.1 Å². The van der Waals surface area contributed by atoms with Crippen molar-refractivity contribution in [1.82, 2.24) is 5.43 Å². The number of hydrogen-bond donors (Lipinski definition) is 3. The van der Waals surface area contributed by atoms with Crippen LogP contribution in [0.4, 0.5) is 11.4 Å². The third-order valence-electron chi connectivity index (χ3n) is 5.49. The number of anilines is 2. The lowest BCUT2D eigenvalue weighted by molar-refractivity contribution is -0.136. The van der Waals surface area contributed by atoms with Crippen LogP contribution in [-0.2, 0) is 14.4 Å². The number of benzene rings is 3. The second-order valence-corrected chi connectivity index (χ2v) is 9.75. The maximum Gasteiger partial charge on any atom is 0.329 e. The predicted molar refractivity (Wildman–Crippen MR) is 156 cm³/mol. The second-order valence-electron chi connectivity index (χ2n) is 8.90. The maximum atomic E-state index is 12.5. The average Bonchev–Trinajstić information content (AvgIpc) is 2.85. The minimum atomic E-state index is -0.909. The molecule has 0 unspecified atom stereocenters. The first kappa shape index (κ1) is 29.4. The average molecular weight is 595 g/mol. The van der Waals surface area contributed by atoms with Gasteiger partial charge < -0.3 is 20.1 Å². The van der Waals surface area contributed by atoms with Crippen LogP contribution in [0.25, 0.3) is 0 Å². The minimum Gasteiger partial charge on any atom is -0.490 e. The van der Waals surface area contributed by atoms with E-state index in [1.165, 1.54) is 6.21 Å². The monoisotopic (exact) mass is 594 g/mol. The standard InChI is InChI=1S/C29H31BrN4O5/c1-6-38-24-14-21(15-31-34-29(37)28(36)33-26-19(4)8-7-9-20(26)5)13-23(30)27(24)39-16-25(35)32-22-11-17(2)10-18(3)12-22/h7-15H,6,16H2,1-5H3,(H,32,35)(H,33,36)(H,34,37)/b31-15-. The highest BCUT2D eigenvalue weighted by Gasteiger charge is 2.16. The number of halogens is 1. The number of nitrogens with zero attached hydrogens (tertiary/aromatic N) is 1.